The Balaban J connectivity index is 1.89. The van der Waals surface area contributed by atoms with Crippen molar-refractivity contribution in [3.63, 3.8) is 0 Å². The predicted molar refractivity (Wildman–Crippen MR) is 89.3 cm³/mol. The standard InChI is InChI=1S/C17H18N2O4S/c1-11-6-7-12(24(18,21)22)10-14(11)17(20)19-15-8-9-23-16-5-3-2-4-13(15)16/h2-7,10,15H,8-9H2,1H3,(H,19,20)(H2,18,21,22). The molecule has 0 radical (unpaired) electrons. The van der Waals surface area contributed by atoms with Crippen LogP contribution in [0.15, 0.2) is 47.4 Å². The molecule has 0 saturated carbocycles. The number of para-hydroxylation sites is 1. The summed E-state index contributed by atoms with van der Waals surface area (Å²) in [5, 5.41) is 8.10. The molecule has 1 atom stereocenters. The molecule has 0 spiro atoms. The van der Waals surface area contributed by atoms with Gasteiger partial charge in [-0.2, -0.15) is 0 Å². The minimum Gasteiger partial charge on any atom is -0.493 e. The normalized spacial score (nSPS) is 16.8. The van der Waals surface area contributed by atoms with E-state index in [1.807, 2.05) is 24.3 Å². The average molecular weight is 346 g/mol. The van der Waals surface area contributed by atoms with Gasteiger partial charge in [0.2, 0.25) is 10.0 Å². The summed E-state index contributed by atoms with van der Waals surface area (Å²) in [5.74, 6) is 0.420. The van der Waals surface area contributed by atoms with E-state index in [4.69, 9.17) is 9.88 Å². The van der Waals surface area contributed by atoms with E-state index in [-0.39, 0.29) is 16.8 Å². The van der Waals surface area contributed by atoms with Crippen molar-refractivity contribution in [1.82, 2.24) is 5.32 Å². The Morgan fingerprint density at radius 3 is 2.75 bits per heavy atom. The number of hydrogen-bond donors (Lipinski definition) is 2. The molecule has 1 aliphatic rings. The van der Waals surface area contributed by atoms with Crippen LogP contribution in [0.4, 0.5) is 0 Å². The molecule has 1 aliphatic heterocycles. The number of ether oxygens (including phenoxy) is 1. The molecule has 24 heavy (non-hydrogen) atoms. The van der Waals surface area contributed by atoms with Crippen LogP contribution in [0.2, 0.25) is 0 Å². The number of fused-ring (bicyclic) bond motifs is 1. The second kappa shape index (κ2) is 6.26. The van der Waals surface area contributed by atoms with Crippen LogP contribution >= 0.6 is 0 Å². The van der Waals surface area contributed by atoms with Gasteiger partial charge in [-0.3, -0.25) is 4.79 Å². The number of aryl methyl sites for hydroxylation is 1. The van der Waals surface area contributed by atoms with Crippen molar-refractivity contribution in [2.45, 2.75) is 24.3 Å². The van der Waals surface area contributed by atoms with Gasteiger partial charge in [0.1, 0.15) is 5.75 Å². The van der Waals surface area contributed by atoms with Crippen LogP contribution in [0.1, 0.15) is 33.9 Å². The maximum atomic E-state index is 12.6. The molecular formula is C17H18N2O4S. The minimum absolute atomic E-state index is 0.0781. The molecule has 0 bridgehead atoms. The van der Waals surface area contributed by atoms with E-state index < -0.39 is 10.0 Å². The Morgan fingerprint density at radius 1 is 1.25 bits per heavy atom. The number of nitrogens with one attached hydrogen (secondary N) is 1. The number of carbonyl (C=O) groups excluding carboxylic acids is 1. The highest BCUT2D eigenvalue weighted by atomic mass is 32.2. The first-order valence-electron chi connectivity index (χ1n) is 7.52. The van der Waals surface area contributed by atoms with Gasteiger partial charge >= 0.3 is 0 Å². The highest BCUT2D eigenvalue weighted by Crippen LogP contribution is 2.31. The van der Waals surface area contributed by atoms with Gasteiger partial charge < -0.3 is 10.1 Å². The van der Waals surface area contributed by atoms with Crippen LogP contribution in [0.5, 0.6) is 5.75 Å². The van der Waals surface area contributed by atoms with Crippen LogP contribution in [-0.4, -0.2) is 20.9 Å². The highest BCUT2D eigenvalue weighted by molar-refractivity contribution is 7.89. The molecule has 3 rings (SSSR count). The first-order valence-corrected chi connectivity index (χ1v) is 9.07. The third-order valence-electron chi connectivity index (χ3n) is 4.05. The zero-order valence-electron chi connectivity index (χ0n) is 13.2. The number of rotatable bonds is 3. The van der Waals surface area contributed by atoms with Gasteiger partial charge in [0.05, 0.1) is 17.5 Å². The van der Waals surface area contributed by atoms with E-state index in [2.05, 4.69) is 5.32 Å². The molecule has 2 aromatic carbocycles. The largest absolute Gasteiger partial charge is 0.493 e. The summed E-state index contributed by atoms with van der Waals surface area (Å²) in [4.78, 5) is 12.6. The van der Waals surface area contributed by atoms with Crippen molar-refractivity contribution < 1.29 is 17.9 Å². The van der Waals surface area contributed by atoms with Gasteiger partial charge in [0.25, 0.3) is 5.91 Å². The predicted octanol–water partition coefficient (Wildman–Crippen LogP) is 1.90. The van der Waals surface area contributed by atoms with Crippen LogP contribution in [0.25, 0.3) is 0 Å². The lowest BCUT2D eigenvalue weighted by Gasteiger charge is -2.26. The van der Waals surface area contributed by atoms with Crippen molar-refractivity contribution in [2.24, 2.45) is 5.14 Å². The van der Waals surface area contributed by atoms with Crippen LogP contribution in [0.3, 0.4) is 0 Å². The van der Waals surface area contributed by atoms with Crippen molar-refractivity contribution in [2.75, 3.05) is 6.61 Å². The summed E-state index contributed by atoms with van der Waals surface area (Å²) in [5.41, 5.74) is 1.89. The molecular weight excluding hydrogens is 328 g/mol. The van der Waals surface area contributed by atoms with E-state index in [0.29, 0.717) is 24.2 Å². The molecule has 0 fully saturated rings. The van der Waals surface area contributed by atoms with E-state index in [1.165, 1.54) is 12.1 Å². The summed E-state index contributed by atoms with van der Waals surface area (Å²) in [6.45, 7) is 2.26. The zero-order chi connectivity index (χ0) is 17.3. The van der Waals surface area contributed by atoms with Crippen molar-refractivity contribution in [3.05, 3.63) is 59.2 Å². The van der Waals surface area contributed by atoms with Crippen molar-refractivity contribution in [1.29, 1.82) is 0 Å². The number of amides is 1. The Bertz CT molecular complexity index is 893. The van der Waals surface area contributed by atoms with Crippen molar-refractivity contribution in [3.8, 4) is 5.75 Å². The lowest BCUT2D eigenvalue weighted by molar-refractivity contribution is 0.0924. The van der Waals surface area contributed by atoms with Gasteiger partial charge in [0, 0.05) is 17.5 Å². The molecule has 1 amide bonds. The summed E-state index contributed by atoms with van der Waals surface area (Å²) in [6, 6.07) is 11.6. The fourth-order valence-electron chi connectivity index (χ4n) is 2.75. The highest BCUT2D eigenvalue weighted by Gasteiger charge is 2.24. The van der Waals surface area contributed by atoms with Gasteiger partial charge in [-0.05, 0) is 30.7 Å². The first kappa shape index (κ1) is 16.5. The number of sulfonamides is 1. The maximum absolute atomic E-state index is 12.6. The first-order chi connectivity index (χ1) is 11.4. The molecule has 3 N–H and O–H groups in total. The van der Waals surface area contributed by atoms with E-state index in [1.54, 1.807) is 13.0 Å². The van der Waals surface area contributed by atoms with Crippen LogP contribution < -0.4 is 15.2 Å². The fraction of sp³-hybridized carbons (Fsp3) is 0.235. The molecule has 0 aromatic heterocycles. The quantitative estimate of drug-likeness (QED) is 0.887. The average Bonchev–Trinajstić information content (AvgIpc) is 2.54. The number of carbonyl (C=O) groups is 1. The summed E-state index contributed by atoms with van der Waals surface area (Å²) >= 11 is 0. The fourth-order valence-corrected chi connectivity index (χ4v) is 3.29. The van der Waals surface area contributed by atoms with Gasteiger partial charge in [0.15, 0.2) is 0 Å². The van der Waals surface area contributed by atoms with Crippen LogP contribution in [0, 0.1) is 6.92 Å². The van der Waals surface area contributed by atoms with Gasteiger partial charge in [-0.15, -0.1) is 0 Å². The van der Waals surface area contributed by atoms with Crippen molar-refractivity contribution >= 4 is 15.9 Å². The minimum atomic E-state index is -3.86. The third kappa shape index (κ3) is 3.27. The molecule has 1 heterocycles. The summed E-state index contributed by atoms with van der Waals surface area (Å²) in [6.07, 6.45) is 0.649. The molecule has 6 nitrogen and oxygen atoms in total. The second-order valence-electron chi connectivity index (χ2n) is 5.72. The number of hydrogen-bond acceptors (Lipinski definition) is 4. The summed E-state index contributed by atoms with van der Waals surface area (Å²) < 4.78 is 28.6. The Morgan fingerprint density at radius 2 is 2.00 bits per heavy atom. The number of benzene rings is 2. The van der Waals surface area contributed by atoms with E-state index in [9.17, 15) is 13.2 Å². The molecule has 126 valence electrons. The maximum Gasteiger partial charge on any atom is 0.252 e. The van der Waals surface area contributed by atoms with Gasteiger partial charge in [-0.1, -0.05) is 24.3 Å². The Kier molecular flexibility index (Phi) is 4.29. The smallest absolute Gasteiger partial charge is 0.252 e. The number of nitrogens with two attached hydrogens (primary N) is 1. The van der Waals surface area contributed by atoms with Gasteiger partial charge in [-0.25, -0.2) is 13.6 Å². The number of primary sulfonamides is 1. The van der Waals surface area contributed by atoms with Crippen LogP contribution in [-0.2, 0) is 10.0 Å². The molecule has 0 aliphatic carbocycles. The van der Waals surface area contributed by atoms with E-state index in [0.717, 1.165) is 11.3 Å². The molecule has 1 unspecified atom stereocenters. The zero-order valence-corrected chi connectivity index (χ0v) is 14.0. The molecule has 7 heteroatoms. The Hall–Kier alpha value is -2.38. The summed E-state index contributed by atoms with van der Waals surface area (Å²) in [7, 11) is -3.86. The monoisotopic (exact) mass is 346 g/mol. The van der Waals surface area contributed by atoms with E-state index >= 15 is 0 Å². The second-order valence-corrected chi connectivity index (χ2v) is 7.28. The molecule has 2 aromatic rings. The lowest BCUT2D eigenvalue weighted by Crippen LogP contribution is -2.32. The SMILES string of the molecule is Cc1ccc(S(N)(=O)=O)cc1C(=O)NC1CCOc2ccccc21. The lowest BCUT2D eigenvalue weighted by atomic mass is 9.99. The third-order valence-corrected chi connectivity index (χ3v) is 4.96. The molecule has 0 saturated heterocycles. The Labute approximate surface area is 140 Å². The topological polar surface area (TPSA) is 98.5 Å².